The minimum atomic E-state index is 0.0292. The van der Waals surface area contributed by atoms with Crippen LogP contribution < -0.4 is 45.9 Å². The molecule has 0 radical (unpaired) electrons. The van der Waals surface area contributed by atoms with Gasteiger partial charge in [0, 0.05) is 71.6 Å². The van der Waals surface area contributed by atoms with E-state index in [4.69, 9.17) is 80.1 Å². The first-order valence-corrected chi connectivity index (χ1v) is 31.8. The number of anilines is 4. The summed E-state index contributed by atoms with van der Waals surface area (Å²) in [6.07, 6.45) is 1.66. The fourth-order valence-corrected chi connectivity index (χ4v) is 11.3. The highest BCUT2D eigenvalue weighted by atomic mass is 16.5. The van der Waals surface area contributed by atoms with Crippen LogP contribution in [0.25, 0.3) is 134 Å². The number of nitrogens with two attached hydrogens (primary N) is 8. The lowest BCUT2D eigenvalue weighted by Gasteiger charge is -2.09. The SMILES string of the molecule is NC(=NO)c1ccc(-c2ccc(-c3cc(N)nc4ccccc34)cc2)cc1.NC(=NO)c1ccc(-c2nc(-c3cc(N)nc4ccccc34)no2)cc1.NC(=NO)c1ccc(-c2ncc(-c3cc(N)nc4ccccc34)o2)cc1.NC(=NO)c1ccc(-c2nnc(-c3cc(N)nc4ccccc34)o2)cc1. The van der Waals surface area contributed by atoms with Gasteiger partial charge in [-0.25, -0.2) is 24.9 Å². The maximum Gasteiger partial charge on any atom is 0.258 e. The van der Waals surface area contributed by atoms with E-state index in [0.717, 1.165) is 88.1 Å². The van der Waals surface area contributed by atoms with Crippen LogP contribution in [0.1, 0.15) is 22.3 Å². The Hall–Kier alpha value is -15.6. The maximum atomic E-state index is 8.76. The number of oxazole rings is 1. The molecule has 16 aromatic rings. The number of fused-ring (bicyclic) bond motifs is 4. The molecule has 0 aliphatic carbocycles. The van der Waals surface area contributed by atoms with Gasteiger partial charge in [-0.2, -0.15) is 4.98 Å². The van der Waals surface area contributed by atoms with Crippen molar-refractivity contribution in [1.82, 2.24) is 45.3 Å². The van der Waals surface area contributed by atoms with Gasteiger partial charge >= 0.3 is 0 Å². The van der Waals surface area contributed by atoms with Gasteiger partial charge in [-0.15, -0.1) is 10.2 Å². The van der Waals surface area contributed by atoms with Crippen LogP contribution in [0, 0.1) is 0 Å². The average molecular weight is 1390 g/mol. The molecule has 7 heterocycles. The van der Waals surface area contributed by atoms with Gasteiger partial charge in [0.05, 0.1) is 33.8 Å². The number of pyridine rings is 4. The van der Waals surface area contributed by atoms with E-state index in [1.54, 1.807) is 97.2 Å². The van der Waals surface area contributed by atoms with Crippen molar-refractivity contribution in [2.24, 2.45) is 43.6 Å². The van der Waals surface area contributed by atoms with E-state index in [0.29, 0.717) is 91.8 Å². The Morgan fingerprint density at radius 3 is 1.07 bits per heavy atom. The molecule has 0 saturated heterocycles. The lowest BCUT2D eigenvalue weighted by Crippen LogP contribution is -2.12. The summed E-state index contributed by atoms with van der Waals surface area (Å²) >= 11 is 0. The number of para-hydroxylation sites is 4. The molecule has 0 spiro atoms. The van der Waals surface area contributed by atoms with Gasteiger partial charge in [0.1, 0.15) is 23.3 Å². The lowest BCUT2D eigenvalue weighted by atomic mass is 9.97. The van der Waals surface area contributed by atoms with E-state index in [2.05, 4.69) is 96.2 Å². The molecule has 0 saturated carbocycles. The molecule has 0 amide bonds. The molecule has 0 aliphatic rings. The van der Waals surface area contributed by atoms with Gasteiger partial charge in [-0.3, -0.25) is 0 Å². The molecule has 0 fully saturated rings. The lowest BCUT2D eigenvalue weighted by molar-refractivity contribution is 0.318. The van der Waals surface area contributed by atoms with Gasteiger partial charge in [0.15, 0.2) is 29.1 Å². The van der Waals surface area contributed by atoms with E-state index in [9.17, 15) is 0 Å². The maximum absolute atomic E-state index is 8.76. The quantitative estimate of drug-likeness (QED) is 0.0234. The van der Waals surface area contributed by atoms with Crippen molar-refractivity contribution in [3.05, 3.63) is 271 Å². The molecule has 0 bridgehead atoms. The molecule has 28 nitrogen and oxygen atoms in total. The van der Waals surface area contributed by atoms with Crippen LogP contribution in [0.5, 0.6) is 0 Å². The zero-order valence-corrected chi connectivity index (χ0v) is 55.1. The van der Waals surface area contributed by atoms with E-state index in [-0.39, 0.29) is 23.3 Å². The predicted molar refractivity (Wildman–Crippen MR) is 404 cm³/mol. The number of rotatable bonds is 12. The van der Waals surface area contributed by atoms with Crippen LogP contribution in [0.3, 0.4) is 0 Å². The summed E-state index contributed by atoms with van der Waals surface area (Å²) in [6, 6.07) is 74.7. The Balaban J connectivity index is 0.000000124. The summed E-state index contributed by atoms with van der Waals surface area (Å²) in [5.41, 5.74) is 60.4. The fraction of sp³-hybridized carbons (Fsp3) is 0. The number of hydrogen-bond acceptors (Lipinski definition) is 24. The highest BCUT2D eigenvalue weighted by Crippen LogP contribution is 2.36. The van der Waals surface area contributed by atoms with Crippen LogP contribution in [-0.4, -0.2) is 89.4 Å². The van der Waals surface area contributed by atoms with E-state index < -0.39 is 0 Å². The minimum Gasteiger partial charge on any atom is -0.436 e. The Morgan fingerprint density at radius 1 is 0.305 bits per heavy atom. The Labute approximate surface area is 595 Å². The second-order valence-electron chi connectivity index (χ2n) is 23.1. The molecule has 16 rings (SSSR count). The molecule has 20 N–H and O–H groups in total. The monoisotopic (exact) mass is 1390 g/mol. The van der Waals surface area contributed by atoms with Gasteiger partial charge in [-0.1, -0.05) is 184 Å². The van der Waals surface area contributed by atoms with Crippen LogP contribution in [0.4, 0.5) is 23.3 Å². The number of amidine groups is 4. The van der Waals surface area contributed by atoms with Crippen LogP contribution in [0.2, 0.25) is 0 Å². The fourth-order valence-electron chi connectivity index (χ4n) is 11.3. The van der Waals surface area contributed by atoms with Gasteiger partial charge in [0.2, 0.25) is 23.5 Å². The summed E-state index contributed by atoms with van der Waals surface area (Å²) in [4.78, 5) is 26.2. The first kappa shape index (κ1) is 67.9. The average Bonchev–Trinajstić information content (AvgIpc) is 1.15. The normalized spacial score (nSPS) is 11.7. The standard InChI is InChI=1S/C22H18N4O.C19H15N5O2.2C18H14N6O2/c23-21-13-19(18-3-1-2-4-20(18)25-21)16-9-5-14(6-10-16)15-7-11-17(12-8-15)22(24)26-27;20-17-9-14(13-3-1-2-4-15(13)23-17)16-10-22-19(26-16)12-7-5-11(6-8-12)18(21)24-25;19-15-9-13(12-3-1-2-4-14(12)21-15)17-22-18(26-24-17)11-7-5-10(6-8-11)16(20)23-25;19-15-9-13(12-3-1-2-4-14(12)21-15)18-23-22-17(26-18)11-7-5-10(6-8-11)16(20)24-25/h1-13,27H,(H2,23,25)(H2,24,26);1-10,25H,(H2,20,23)(H2,21,24);1-9,25H,(H2,19,21)(H2,20,23);1-9,25H,(H2,19,21)(H2,20,24). The van der Waals surface area contributed by atoms with Gasteiger partial charge in [-0.05, 0) is 107 Å². The smallest absolute Gasteiger partial charge is 0.258 e. The topological polar surface area (TPSA) is 494 Å². The third-order valence-corrected chi connectivity index (χ3v) is 16.5. The van der Waals surface area contributed by atoms with Crippen LogP contribution in [-0.2, 0) is 0 Å². The number of hydrogen-bond donors (Lipinski definition) is 12. The van der Waals surface area contributed by atoms with Gasteiger partial charge < -0.3 is 80.1 Å². The van der Waals surface area contributed by atoms with Crippen molar-refractivity contribution in [2.45, 2.75) is 0 Å². The molecule has 9 aromatic carbocycles. The summed E-state index contributed by atoms with van der Waals surface area (Å²) < 4.78 is 17.2. The van der Waals surface area contributed by atoms with Crippen molar-refractivity contribution in [2.75, 3.05) is 22.9 Å². The van der Waals surface area contributed by atoms with Crippen molar-refractivity contribution in [1.29, 1.82) is 0 Å². The van der Waals surface area contributed by atoms with Crippen molar-refractivity contribution < 1.29 is 34.2 Å². The van der Waals surface area contributed by atoms with Crippen LogP contribution in [0.15, 0.2) is 283 Å². The first-order chi connectivity index (χ1) is 51.1. The summed E-state index contributed by atoms with van der Waals surface area (Å²) in [5, 5.41) is 62.9. The summed E-state index contributed by atoms with van der Waals surface area (Å²) in [5.74, 6) is 4.43. The molecule has 0 unspecified atom stereocenters. The highest BCUT2D eigenvalue weighted by Gasteiger charge is 2.19. The number of benzene rings is 9. The molecule has 105 heavy (non-hydrogen) atoms. The van der Waals surface area contributed by atoms with Crippen molar-refractivity contribution in [3.63, 3.8) is 0 Å². The molecule has 7 aromatic heterocycles. The first-order valence-electron chi connectivity index (χ1n) is 31.8. The number of oxime groups is 4. The predicted octanol–water partition coefficient (Wildman–Crippen LogP) is 12.7. The summed E-state index contributed by atoms with van der Waals surface area (Å²) in [6.45, 7) is 0. The second kappa shape index (κ2) is 30.2. The molecular formula is C77H61N21O7. The van der Waals surface area contributed by atoms with Crippen LogP contribution >= 0.6 is 0 Å². The van der Waals surface area contributed by atoms with E-state index >= 15 is 0 Å². The Morgan fingerprint density at radius 2 is 0.629 bits per heavy atom. The third kappa shape index (κ3) is 15.0. The Bertz CT molecular complexity index is 5520. The number of aromatic nitrogens is 9. The Kier molecular flexibility index (Phi) is 19.6. The van der Waals surface area contributed by atoms with E-state index in [1.165, 1.54) is 0 Å². The third-order valence-electron chi connectivity index (χ3n) is 16.5. The molecule has 516 valence electrons. The molecular weight excluding hydrogens is 1330 g/mol. The summed E-state index contributed by atoms with van der Waals surface area (Å²) in [7, 11) is 0. The molecule has 0 aliphatic heterocycles. The second-order valence-corrected chi connectivity index (χ2v) is 23.1. The highest BCUT2D eigenvalue weighted by molar-refractivity contribution is 6.01. The molecule has 0 atom stereocenters. The zero-order chi connectivity index (χ0) is 73.1. The number of nitrogen functional groups attached to an aromatic ring is 4. The van der Waals surface area contributed by atoms with Gasteiger partial charge in [0.25, 0.3) is 5.89 Å². The van der Waals surface area contributed by atoms with E-state index in [1.807, 2.05) is 121 Å². The minimum absolute atomic E-state index is 0.0292. The van der Waals surface area contributed by atoms with Crippen molar-refractivity contribution in [3.8, 4) is 90.8 Å². The largest absolute Gasteiger partial charge is 0.436 e. The zero-order valence-electron chi connectivity index (χ0n) is 55.1. The molecule has 28 heteroatoms. The van der Waals surface area contributed by atoms with Crippen molar-refractivity contribution >= 4 is 90.2 Å². The number of nitrogens with zero attached hydrogens (tertiary/aromatic N) is 13.